The number of amides is 1. The molecule has 1 saturated heterocycles. The first-order valence-corrected chi connectivity index (χ1v) is 7.29. The Balaban J connectivity index is 1.81. The van der Waals surface area contributed by atoms with Crippen molar-refractivity contribution in [2.45, 2.75) is 13.8 Å². The van der Waals surface area contributed by atoms with Crippen LogP contribution in [0.3, 0.4) is 0 Å². The molecule has 0 spiro atoms. The van der Waals surface area contributed by atoms with Gasteiger partial charge in [-0.05, 0) is 25.1 Å². The lowest BCUT2D eigenvalue weighted by molar-refractivity contribution is 0.0638. The standard InChI is InChI=1S/C16H21N3O/c1-3-18-7-9-19(10-8-18)16(20)14-11-13-6-4-5-12(2)15(13)17-14/h4-6,11,17H,3,7-10H2,1-2H3. The number of aromatic amines is 1. The van der Waals surface area contributed by atoms with Gasteiger partial charge in [-0.3, -0.25) is 4.79 Å². The van der Waals surface area contributed by atoms with Crippen molar-refractivity contribution >= 4 is 16.8 Å². The van der Waals surface area contributed by atoms with Gasteiger partial charge in [-0.1, -0.05) is 25.1 Å². The summed E-state index contributed by atoms with van der Waals surface area (Å²) < 4.78 is 0. The van der Waals surface area contributed by atoms with Crippen LogP contribution in [-0.2, 0) is 0 Å². The van der Waals surface area contributed by atoms with Crippen LogP contribution in [0.25, 0.3) is 10.9 Å². The minimum absolute atomic E-state index is 0.122. The predicted molar refractivity (Wildman–Crippen MR) is 81.1 cm³/mol. The number of nitrogens with zero attached hydrogens (tertiary/aromatic N) is 2. The maximum atomic E-state index is 12.6. The van der Waals surface area contributed by atoms with Gasteiger partial charge < -0.3 is 14.8 Å². The van der Waals surface area contributed by atoms with E-state index in [0.29, 0.717) is 5.69 Å². The molecule has 1 aromatic carbocycles. The number of hydrogen-bond acceptors (Lipinski definition) is 2. The van der Waals surface area contributed by atoms with E-state index in [9.17, 15) is 4.79 Å². The Morgan fingerprint density at radius 2 is 2.00 bits per heavy atom. The average molecular weight is 271 g/mol. The van der Waals surface area contributed by atoms with Crippen LogP contribution in [0.5, 0.6) is 0 Å². The highest BCUT2D eigenvalue weighted by atomic mass is 16.2. The lowest BCUT2D eigenvalue weighted by Crippen LogP contribution is -2.48. The summed E-state index contributed by atoms with van der Waals surface area (Å²) in [6, 6.07) is 8.11. The molecule has 0 unspecified atom stereocenters. The third kappa shape index (κ3) is 2.31. The Morgan fingerprint density at radius 1 is 1.25 bits per heavy atom. The Kier molecular flexibility index (Phi) is 3.49. The molecule has 2 heterocycles. The molecule has 0 atom stereocenters. The fraction of sp³-hybridized carbons (Fsp3) is 0.438. The first kappa shape index (κ1) is 13.2. The van der Waals surface area contributed by atoms with Crippen LogP contribution in [-0.4, -0.2) is 53.4 Å². The first-order chi connectivity index (χ1) is 9.69. The van der Waals surface area contributed by atoms with Crippen LogP contribution in [0.2, 0.25) is 0 Å². The molecule has 1 aromatic heterocycles. The molecule has 0 radical (unpaired) electrons. The van der Waals surface area contributed by atoms with Crippen molar-refractivity contribution < 1.29 is 4.79 Å². The van der Waals surface area contributed by atoms with Crippen molar-refractivity contribution in [3.05, 3.63) is 35.5 Å². The number of likely N-dealkylation sites (N-methyl/N-ethyl adjacent to an activating group) is 1. The number of para-hydroxylation sites is 1. The van der Waals surface area contributed by atoms with Gasteiger partial charge in [-0.25, -0.2) is 0 Å². The van der Waals surface area contributed by atoms with E-state index in [4.69, 9.17) is 0 Å². The SMILES string of the molecule is CCN1CCN(C(=O)c2cc3cccc(C)c3[nH]2)CC1. The molecule has 1 N–H and O–H groups in total. The molecule has 106 valence electrons. The van der Waals surface area contributed by atoms with Crippen LogP contribution in [0.4, 0.5) is 0 Å². The number of H-pyrrole nitrogens is 1. The first-order valence-electron chi connectivity index (χ1n) is 7.29. The number of benzene rings is 1. The van der Waals surface area contributed by atoms with Crippen LogP contribution in [0, 0.1) is 6.92 Å². The van der Waals surface area contributed by atoms with Crippen molar-refractivity contribution in [3.8, 4) is 0 Å². The monoisotopic (exact) mass is 271 g/mol. The van der Waals surface area contributed by atoms with Crippen LogP contribution >= 0.6 is 0 Å². The summed E-state index contributed by atoms with van der Waals surface area (Å²) in [6.07, 6.45) is 0. The van der Waals surface area contributed by atoms with Gasteiger partial charge in [0.25, 0.3) is 5.91 Å². The lowest BCUT2D eigenvalue weighted by Gasteiger charge is -2.33. The van der Waals surface area contributed by atoms with E-state index in [1.165, 1.54) is 5.56 Å². The minimum atomic E-state index is 0.122. The van der Waals surface area contributed by atoms with E-state index in [1.54, 1.807) is 0 Å². The summed E-state index contributed by atoms with van der Waals surface area (Å²) in [4.78, 5) is 20.2. The second kappa shape index (κ2) is 5.29. The Bertz CT molecular complexity index is 624. The molecule has 0 saturated carbocycles. The molecule has 4 heteroatoms. The van der Waals surface area contributed by atoms with Gasteiger partial charge in [0.1, 0.15) is 5.69 Å². The highest BCUT2D eigenvalue weighted by Crippen LogP contribution is 2.20. The number of fused-ring (bicyclic) bond motifs is 1. The van der Waals surface area contributed by atoms with Gasteiger partial charge in [0.15, 0.2) is 0 Å². The number of carbonyl (C=O) groups is 1. The molecular weight excluding hydrogens is 250 g/mol. The molecule has 1 fully saturated rings. The number of hydrogen-bond donors (Lipinski definition) is 1. The summed E-state index contributed by atoms with van der Waals surface area (Å²) in [7, 11) is 0. The van der Waals surface area contributed by atoms with E-state index in [2.05, 4.69) is 29.8 Å². The highest BCUT2D eigenvalue weighted by molar-refractivity contribution is 5.98. The quantitative estimate of drug-likeness (QED) is 0.910. The third-order valence-electron chi connectivity index (χ3n) is 4.20. The van der Waals surface area contributed by atoms with E-state index in [1.807, 2.05) is 23.1 Å². The Labute approximate surface area is 119 Å². The molecule has 0 bridgehead atoms. The summed E-state index contributed by atoms with van der Waals surface area (Å²) in [5, 5.41) is 1.11. The van der Waals surface area contributed by atoms with Crippen molar-refractivity contribution in [1.29, 1.82) is 0 Å². The zero-order chi connectivity index (χ0) is 14.1. The highest BCUT2D eigenvalue weighted by Gasteiger charge is 2.22. The topological polar surface area (TPSA) is 39.3 Å². The zero-order valence-corrected chi connectivity index (χ0v) is 12.1. The molecule has 2 aromatic rings. The van der Waals surface area contributed by atoms with Gasteiger partial charge >= 0.3 is 0 Å². The van der Waals surface area contributed by atoms with Gasteiger partial charge in [0.2, 0.25) is 0 Å². The lowest BCUT2D eigenvalue weighted by atomic mass is 10.2. The van der Waals surface area contributed by atoms with Gasteiger partial charge in [-0.2, -0.15) is 0 Å². The molecule has 0 aliphatic carbocycles. The molecule has 20 heavy (non-hydrogen) atoms. The van der Waals surface area contributed by atoms with Gasteiger partial charge in [0, 0.05) is 37.1 Å². The maximum Gasteiger partial charge on any atom is 0.270 e. The zero-order valence-electron chi connectivity index (χ0n) is 12.1. The number of nitrogens with one attached hydrogen (secondary N) is 1. The van der Waals surface area contributed by atoms with Crippen LogP contribution in [0.1, 0.15) is 23.0 Å². The Morgan fingerprint density at radius 3 is 2.65 bits per heavy atom. The van der Waals surface area contributed by atoms with Crippen LogP contribution in [0.15, 0.2) is 24.3 Å². The molecule has 1 aliphatic rings. The molecule has 1 aliphatic heterocycles. The van der Waals surface area contributed by atoms with Crippen molar-refractivity contribution in [3.63, 3.8) is 0 Å². The summed E-state index contributed by atoms with van der Waals surface area (Å²) in [6.45, 7) is 8.88. The Hall–Kier alpha value is -1.81. The number of aryl methyl sites for hydroxylation is 1. The number of aromatic nitrogens is 1. The average Bonchev–Trinajstić information content (AvgIpc) is 2.92. The molecular formula is C16H21N3O. The van der Waals surface area contributed by atoms with Crippen molar-refractivity contribution in [2.24, 2.45) is 0 Å². The number of rotatable bonds is 2. The normalized spacial score (nSPS) is 16.8. The fourth-order valence-electron chi connectivity index (χ4n) is 2.86. The molecule has 1 amide bonds. The minimum Gasteiger partial charge on any atom is -0.350 e. The largest absolute Gasteiger partial charge is 0.350 e. The van der Waals surface area contributed by atoms with E-state index in [-0.39, 0.29) is 5.91 Å². The number of piperazine rings is 1. The third-order valence-corrected chi connectivity index (χ3v) is 4.20. The van der Waals surface area contributed by atoms with E-state index >= 15 is 0 Å². The summed E-state index contributed by atoms with van der Waals surface area (Å²) in [5.41, 5.74) is 2.96. The van der Waals surface area contributed by atoms with Crippen LogP contribution < -0.4 is 0 Å². The van der Waals surface area contributed by atoms with E-state index in [0.717, 1.165) is 43.6 Å². The summed E-state index contributed by atoms with van der Waals surface area (Å²) >= 11 is 0. The molecule has 4 nitrogen and oxygen atoms in total. The fourth-order valence-corrected chi connectivity index (χ4v) is 2.86. The summed E-state index contributed by atoms with van der Waals surface area (Å²) in [5.74, 6) is 0.122. The smallest absolute Gasteiger partial charge is 0.270 e. The second-order valence-electron chi connectivity index (χ2n) is 5.45. The van der Waals surface area contributed by atoms with Gasteiger partial charge in [0.05, 0.1) is 0 Å². The predicted octanol–water partition coefficient (Wildman–Crippen LogP) is 2.25. The van der Waals surface area contributed by atoms with Crippen molar-refractivity contribution in [2.75, 3.05) is 32.7 Å². The van der Waals surface area contributed by atoms with Gasteiger partial charge in [-0.15, -0.1) is 0 Å². The van der Waals surface area contributed by atoms with E-state index < -0.39 is 0 Å². The second-order valence-corrected chi connectivity index (χ2v) is 5.45. The number of carbonyl (C=O) groups excluding carboxylic acids is 1. The van der Waals surface area contributed by atoms with Crippen molar-refractivity contribution in [1.82, 2.24) is 14.8 Å². The molecule has 3 rings (SSSR count). The maximum absolute atomic E-state index is 12.6.